The SMILES string of the molecule is C=CC(=O)CC1c2ccccc2-c2ccc(-c3ccc4c(c3)C(C)(C(F)(F)F)c3cc(-c5ccc6c(c5)C(CC(=O)C=C)(CC(=O)C=C)c5ccccc5-6)ccc3-4)cc21. The van der Waals surface area contributed by atoms with Crippen LogP contribution in [0.4, 0.5) is 13.2 Å². The Kier molecular flexibility index (Phi) is 8.82. The van der Waals surface area contributed by atoms with Gasteiger partial charge < -0.3 is 0 Å². The first-order valence-corrected chi connectivity index (χ1v) is 19.6. The first-order chi connectivity index (χ1) is 28.3. The number of halogens is 3. The third kappa shape index (κ3) is 5.68. The van der Waals surface area contributed by atoms with E-state index in [0.29, 0.717) is 27.8 Å². The minimum Gasteiger partial charge on any atom is -0.295 e. The van der Waals surface area contributed by atoms with Crippen LogP contribution in [0.15, 0.2) is 159 Å². The van der Waals surface area contributed by atoms with Crippen LogP contribution in [0.3, 0.4) is 0 Å². The van der Waals surface area contributed by atoms with Crippen LogP contribution in [0.5, 0.6) is 0 Å². The van der Waals surface area contributed by atoms with Gasteiger partial charge in [0.2, 0.25) is 0 Å². The zero-order chi connectivity index (χ0) is 41.4. The van der Waals surface area contributed by atoms with Gasteiger partial charge in [0, 0.05) is 30.6 Å². The van der Waals surface area contributed by atoms with Gasteiger partial charge in [-0.25, -0.2) is 0 Å². The van der Waals surface area contributed by atoms with Gasteiger partial charge in [-0.05, 0) is 138 Å². The van der Waals surface area contributed by atoms with Gasteiger partial charge in [0.25, 0.3) is 0 Å². The Morgan fingerprint density at radius 2 is 0.949 bits per heavy atom. The number of carbonyl (C=O) groups excluding carboxylic acids is 3. The van der Waals surface area contributed by atoms with E-state index >= 15 is 13.2 Å². The first-order valence-electron chi connectivity index (χ1n) is 19.6. The van der Waals surface area contributed by atoms with Gasteiger partial charge in [0.05, 0.1) is 0 Å². The maximum Gasteiger partial charge on any atom is 0.402 e. The van der Waals surface area contributed by atoms with Crippen molar-refractivity contribution < 1.29 is 27.6 Å². The highest BCUT2D eigenvalue weighted by Crippen LogP contribution is 2.59. The summed E-state index contributed by atoms with van der Waals surface area (Å²) in [5.74, 6) is -0.711. The van der Waals surface area contributed by atoms with Crippen LogP contribution in [0.25, 0.3) is 55.6 Å². The van der Waals surface area contributed by atoms with Crippen molar-refractivity contribution in [2.45, 2.75) is 49.1 Å². The molecule has 0 saturated heterocycles. The molecule has 2 unspecified atom stereocenters. The molecule has 9 rings (SSSR count). The Balaban J connectivity index is 1.14. The van der Waals surface area contributed by atoms with E-state index in [4.69, 9.17) is 0 Å². The largest absolute Gasteiger partial charge is 0.402 e. The summed E-state index contributed by atoms with van der Waals surface area (Å²) < 4.78 is 47.2. The number of hydrogen-bond acceptors (Lipinski definition) is 3. The van der Waals surface area contributed by atoms with E-state index in [0.717, 1.165) is 50.1 Å². The summed E-state index contributed by atoms with van der Waals surface area (Å²) in [6.45, 7) is 12.3. The molecule has 0 spiro atoms. The lowest BCUT2D eigenvalue weighted by Gasteiger charge is -2.31. The molecule has 0 aliphatic heterocycles. The van der Waals surface area contributed by atoms with Gasteiger partial charge >= 0.3 is 6.18 Å². The van der Waals surface area contributed by atoms with Crippen molar-refractivity contribution in [2.24, 2.45) is 0 Å². The summed E-state index contributed by atoms with van der Waals surface area (Å²) in [5.41, 5.74) is 8.16. The summed E-state index contributed by atoms with van der Waals surface area (Å²) in [5, 5.41) is 0. The predicted molar refractivity (Wildman–Crippen MR) is 228 cm³/mol. The summed E-state index contributed by atoms with van der Waals surface area (Å²) >= 11 is 0. The topological polar surface area (TPSA) is 51.2 Å². The second kappa shape index (κ2) is 13.7. The molecule has 6 heteroatoms. The minimum atomic E-state index is -4.65. The molecule has 290 valence electrons. The van der Waals surface area contributed by atoms with E-state index in [1.54, 1.807) is 24.3 Å². The Bertz CT molecular complexity index is 2820. The second-order valence-electron chi connectivity index (χ2n) is 16.0. The summed E-state index contributed by atoms with van der Waals surface area (Å²) in [4.78, 5) is 38.9. The fraction of sp³-hybridized carbons (Fsp3) is 0.151. The number of benzene rings is 6. The molecule has 0 bridgehead atoms. The molecule has 6 aromatic rings. The number of hydrogen-bond donors (Lipinski definition) is 0. The summed E-state index contributed by atoms with van der Waals surface area (Å²) in [7, 11) is 0. The second-order valence-corrected chi connectivity index (χ2v) is 16.0. The average molecular weight is 781 g/mol. The maximum absolute atomic E-state index is 15.7. The van der Waals surface area contributed by atoms with Crippen molar-refractivity contribution >= 4 is 17.3 Å². The van der Waals surface area contributed by atoms with Crippen molar-refractivity contribution in [2.75, 3.05) is 0 Å². The minimum absolute atomic E-state index is 0.00226. The third-order valence-electron chi connectivity index (χ3n) is 13.0. The van der Waals surface area contributed by atoms with Gasteiger partial charge in [-0.2, -0.15) is 13.2 Å². The highest BCUT2D eigenvalue weighted by atomic mass is 19.4. The molecule has 0 aromatic heterocycles. The van der Waals surface area contributed by atoms with Gasteiger partial charge in [-0.1, -0.05) is 117 Å². The van der Waals surface area contributed by atoms with Gasteiger partial charge in [0.1, 0.15) is 5.41 Å². The molecular formula is C53H39F3O3. The molecule has 0 radical (unpaired) electrons. The van der Waals surface area contributed by atoms with Crippen LogP contribution < -0.4 is 0 Å². The number of rotatable bonds is 11. The van der Waals surface area contributed by atoms with Gasteiger partial charge in [-0.15, -0.1) is 0 Å². The number of fused-ring (bicyclic) bond motifs is 9. The van der Waals surface area contributed by atoms with E-state index in [2.05, 4.69) is 19.7 Å². The molecule has 0 fully saturated rings. The van der Waals surface area contributed by atoms with Gasteiger partial charge in [-0.3, -0.25) is 14.4 Å². The first kappa shape index (κ1) is 37.9. The number of alkyl halides is 3. The van der Waals surface area contributed by atoms with Crippen molar-refractivity contribution in [3.05, 3.63) is 193 Å². The van der Waals surface area contributed by atoms with Crippen LogP contribution in [0.2, 0.25) is 0 Å². The lowest BCUT2D eigenvalue weighted by molar-refractivity contribution is -0.172. The van der Waals surface area contributed by atoms with Crippen LogP contribution in [-0.2, 0) is 25.2 Å². The van der Waals surface area contributed by atoms with Crippen molar-refractivity contribution in [3.63, 3.8) is 0 Å². The van der Waals surface area contributed by atoms with Crippen molar-refractivity contribution in [1.82, 2.24) is 0 Å². The molecule has 2 atom stereocenters. The summed E-state index contributed by atoms with van der Waals surface area (Å²) in [6, 6.07) is 38.0. The maximum atomic E-state index is 15.7. The highest BCUT2D eigenvalue weighted by Gasteiger charge is 2.58. The zero-order valence-corrected chi connectivity index (χ0v) is 32.5. The molecular weight excluding hydrogens is 742 g/mol. The smallest absolute Gasteiger partial charge is 0.295 e. The van der Waals surface area contributed by atoms with Crippen LogP contribution in [0.1, 0.15) is 65.5 Å². The molecule has 3 aliphatic rings. The molecule has 0 amide bonds. The monoisotopic (exact) mass is 780 g/mol. The third-order valence-corrected chi connectivity index (χ3v) is 13.0. The molecule has 6 aromatic carbocycles. The van der Waals surface area contributed by atoms with E-state index < -0.39 is 17.0 Å². The molecule has 3 aliphatic carbocycles. The van der Waals surface area contributed by atoms with E-state index in [9.17, 15) is 14.4 Å². The fourth-order valence-electron chi connectivity index (χ4n) is 10.0. The fourth-order valence-corrected chi connectivity index (χ4v) is 10.0. The van der Waals surface area contributed by atoms with Crippen LogP contribution in [-0.4, -0.2) is 23.5 Å². The average Bonchev–Trinajstić information content (AvgIpc) is 3.81. The van der Waals surface area contributed by atoms with E-state index in [1.165, 1.54) is 25.2 Å². The van der Waals surface area contributed by atoms with Crippen molar-refractivity contribution in [1.29, 1.82) is 0 Å². The Labute approximate surface area is 341 Å². The van der Waals surface area contributed by atoms with E-state index in [1.807, 2.05) is 97.1 Å². The van der Waals surface area contributed by atoms with Gasteiger partial charge in [0.15, 0.2) is 17.3 Å². The summed E-state index contributed by atoms with van der Waals surface area (Å²) in [6.07, 6.45) is -0.530. The number of carbonyl (C=O) groups is 3. The predicted octanol–water partition coefficient (Wildman–Crippen LogP) is 12.7. The molecule has 0 heterocycles. The molecule has 0 saturated carbocycles. The standard InChI is InChI=1S/C53H39F3O3/c1-5-35(57)28-46-39-13-9-8-12-38(39)40-20-16-31(24-45(40)46)32-17-21-42-43-22-18-33(26-49(43)51(4,48(42)25-32)53(54,55)56)34-19-23-44-41-14-10-11-15-47(41)52(50(44)27-34,29-36(58)6-2)30-37(59)7-3/h5-27,46H,1-3,28-30H2,4H3. The van der Waals surface area contributed by atoms with Crippen molar-refractivity contribution in [3.8, 4) is 55.6 Å². The zero-order valence-electron chi connectivity index (χ0n) is 32.5. The lowest BCUT2D eigenvalue weighted by Crippen LogP contribution is -2.38. The van der Waals surface area contributed by atoms with E-state index in [-0.39, 0.29) is 53.7 Å². The van der Waals surface area contributed by atoms with Crippen LogP contribution >= 0.6 is 0 Å². The highest BCUT2D eigenvalue weighted by molar-refractivity contribution is 5.98. The normalized spacial score (nSPS) is 17.5. The van der Waals surface area contributed by atoms with Crippen LogP contribution in [0, 0.1) is 0 Å². The lowest BCUT2D eigenvalue weighted by atomic mass is 9.70. The molecule has 3 nitrogen and oxygen atoms in total. The number of allylic oxidation sites excluding steroid dienone is 3. The molecule has 0 N–H and O–H groups in total. The quantitative estimate of drug-likeness (QED) is 0.123. The Morgan fingerprint density at radius 1 is 0.525 bits per heavy atom. The number of ketones is 3. The molecule has 59 heavy (non-hydrogen) atoms. The Hall–Kier alpha value is -6.66. The Morgan fingerprint density at radius 3 is 1.49 bits per heavy atom.